The van der Waals surface area contributed by atoms with Gasteiger partial charge in [0, 0.05) is 299 Å². The van der Waals surface area contributed by atoms with Crippen LogP contribution in [0, 0.1) is 72.4 Å². The summed E-state index contributed by atoms with van der Waals surface area (Å²) in [4.78, 5) is 156. The number of rotatable bonds is 0. The van der Waals surface area contributed by atoms with Gasteiger partial charge in [-0.25, -0.2) is 50.0 Å². The molecule has 0 spiro atoms. The quantitative estimate of drug-likeness (QED) is 0.126. The average Bonchev–Trinajstić information content (AvgIpc) is 1.75. The van der Waals surface area contributed by atoms with Crippen LogP contribution in [-0.4, -0.2) is 190 Å². The fourth-order valence-electron chi connectivity index (χ4n) is 8.72. The molecule has 41 nitrogen and oxygen atoms in total. The van der Waals surface area contributed by atoms with Gasteiger partial charge in [-0.3, -0.25) is 29.2 Å². The van der Waals surface area contributed by atoms with Crippen molar-refractivity contribution in [2.45, 2.75) is 112 Å². The zero-order chi connectivity index (χ0) is 87.8. The van der Waals surface area contributed by atoms with E-state index in [1.165, 1.54) is 45.1 Å². The Morgan fingerprint density at radius 3 is 1.66 bits per heavy atom. The van der Waals surface area contributed by atoms with E-state index in [-0.39, 0.29) is 291 Å². The number of urea groups is 3. The molecule has 5 N–H and O–H groups in total. The molecule has 678 valence electrons. The number of amides is 7. The van der Waals surface area contributed by atoms with E-state index in [0.717, 1.165) is 92.2 Å². The first-order valence-electron chi connectivity index (χ1n) is 34.8. The molecule has 9 aromatic heterocycles. The van der Waals surface area contributed by atoms with Crippen molar-refractivity contribution in [3.63, 3.8) is 0 Å². The number of carbonyl (C=O) groups is 4. The van der Waals surface area contributed by atoms with E-state index in [1.807, 2.05) is 78.0 Å². The third-order valence-electron chi connectivity index (χ3n) is 15.3. The van der Waals surface area contributed by atoms with Gasteiger partial charge in [-0.2, -0.15) is 22.5 Å². The number of carbonyl (C=O) groups excluding carboxylic acids is 4. The molecule has 0 bridgehead atoms. The normalized spacial score (nSPS) is 12.4. The molecule has 6 aliphatic rings. The SMILES string of the molecule is C.C.C.C.C.C=C1C=CN(C)C(=O)N1.C=C1CC(=O)N(C)C=C1C.C=C1NC(=O)N(C)N=C1C.C=C1NC(C)=Nc2c1ncn2C.C=c1nc(C)nc2c1=NNN2C.CN1CC[C-]=NC1=O.Cc1[c-]cc(=O)n(C)c1.Cc1[c-]nc(=O)n(C)c1.Cc1[c-]nc(=O)n(C)n1.Cc1cn(C)c(=O)[nH]c1=O.Cc1n[c-]c2ncn(C)c2n1.Cn1cc[c-]nc1=O.[Y].[Y].[Y].[Y].[Y].[Y]. The third kappa shape index (κ3) is 46.5. The van der Waals surface area contributed by atoms with Crippen molar-refractivity contribution in [2.75, 3.05) is 46.8 Å². The minimum atomic E-state index is -0.379. The van der Waals surface area contributed by atoms with Crippen LogP contribution in [0.25, 0.3) is 23.4 Å². The molecule has 47 heteroatoms. The topological polar surface area (TPSA) is 464 Å². The Balaban J connectivity index is -0.000000203. The number of H-pyrrole nitrogens is 1. The van der Waals surface area contributed by atoms with Gasteiger partial charge in [-0.15, -0.1) is 29.5 Å². The Hall–Kier alpha value is -8.34. The summed E-state index contributed by atoms with van der Waals surface area (Å²) in [5.74, 6) is 4.07. The molecule has 0 atom stereocenters. The molecule has 128 heavy (non-hydrogen) atoms. The first-order chi connectivity index (χ1) is 54.9. The number of pyridine rings is 1. The first-order valence-corrected chi connectivity index (χ1v) is 34.8. The molecule has 0 unspecified atom stereocenters. The fraction of sp³-hybridized carbons (Fsp3) is 0.358. The minimum Gasteiger partial charge on any atom is -0.424 e. The van der Waals surface area contributed by atoms with Crippen LogP contribution in [-0.2, 0) is 250 Å². The summed E-state index contributed by atoms with van der Waals surface area (Å²) in [6, 6.07) is 5.27. The van der Waals surface area contributed by atoms with Crippen LogP contribution in [0.4, 0.5) is 26.0 Å². The number of hydrazine groups is 1. The molecule has 0 saturated heterocycles. The summed E-state index contributed by atoms with van der Waals surface area (Å²) in [7, 11) is 20.6. The van der Waals surface area contributed by atoms with E-state index in [9.17, 15) is 47.9 Å². The van der Waals surface area contributed by atoms with Gasteiger partial charge in [-0.1, -0.05) is 128 Å². The van der Waals surface area contributed by atoms with Crippen molar-refractivity contribution < 1.29 is 215 Å². The van der Waals surface area contributed by atoms with Crippen LogP contribution >= 0.6 is 0 Å². The second-order valence-corrected chi connectivity index (χ2v) is 25.5. The van der Waals surface area contributed by atoms with Crippen molar-refractivity contribution in [3.05, 3.63) is 261 Å². The molecular formula is C81H115N31O10Y6-6. The minimum absolute atomic E-state index is 0. The number of nitrogens with zero attached hydrogens (tertiary/aromatic N) is 26. The van der Waals surface area contributed by atoms with Crippen LogP contribution in [0.2, 0.25) is 0 Å². The number of anilines is 1. The van der Waals surface area contributed by atoms with Crippen LogP contribution in [0.5, 0.6) is 0 Å². The maximum Gasteiger partial charge on any atom is 0.342 e. The molecule has 7 amide bonds. The Morgan fingerprint density at radius 1 is 0.562 bits per heavy atom. The molecule has 6 radical (unpaired) electrons. The van der Waals surface area contributed by atoms with E-state index < -0.39 is 0 Å². The molecular weight excluding hydrogens is 2100 g/mol. The molecule has 0 aromatic carbocycles. The number of fused-ring (bicyclic) bond motifs is 3. The monoisotopic (exact) mass is 2220 g/mol. The average molecular weight is 2220 g/mol. The Morgan fingerprint density at radius 2 is 1.16 bits per heavy atom. The summed E-state index contributed by atoms with van der Waals surface area (Å²) in [6.45, 7) is 35.7. The molecule has 15 heterocycles. The number of hydrazone groups is 1. The molecule has 0 aliphatic carbocycles. The van der Waals surface area contributed by atoms with Gasteiger partial charge in [0.25, 0.3) is 5.56 Å². The number of hydrogen-bond acceptors (Lipinski definition) is 26. The van der Waals surface area contributed by atoms with Crippen molar-refractivity contribution >= 4 is 76.8 Å². The zero-order valence-electron chi connectivity index (χ0n) is 72.7. The van der Waals surface area contributed by atoms with E-state index in [1.54, 1.807) is 149 Å². The van der Waals surface area contributed by atoms with Gasteiger partial charge in [-0.05, 0) is 105 Å². The number of hydrogen-bond donors (Lipinski definition) is 5. The van der Waals surface area contributed by atoms with Gasteiger partial charge in [0.2, 0.25) is 23.0 Å². The van der Waals surface area contributed by atoms with Crippen LogP contribution in [0.3, 0.4) is 0 Å². The maximum atomic E-state index is 11.0. The standard InChI is InChI=1S/C8H10N4.C8H11NO.C7H9N5.C7H7N4.C7H8NO.C6H9N3O.C6H8N2O2.C6H7N2O.C6H8N2O.C5H6N3O.C5H7N2O.C5H5N2O.5CH4.6Y/c1-5-7-8(11-6(2)10-5)12(3)4-9-7;1-6-4-8(10)9(3)5-7(6)2;1-4-6-7(9-5(2)8-4)12(3)11-10-6;1-5-8-3-6-7(10-5)11(2)4-9-6;1-6-3-4-7(9)8(2)5-6;1-4-5(2)8-9(3)6(10)7-4;1-4-3-8(2)6(10)7-5(4)9;1-5-3-7-6(9)8(2)4-5;1-5-3-4-8(2)6(9)7-5;1-4-3-6-5(9)8(2)7-4;2*1-7-4-2-3-6-5(7)8;;;;;;;;;;;/h4H,1H2,2-3H3,(H,10,11);5H,1,4H2,2-3H3;11H,1H2,2-3H3;4H,1-2H3;4-5H,1-2H3;1H2,2-3H3,(H,7,10);3H,1-2H3,(H,7,9,10);4H,1-2H3;3-4H,1H2,2H3,(H,7,9);1-2H3;2,4H2,1H3;2,4H,1H3;5*1H4;;;;;;/q;;;2*-1;;;-1;;3*-1;;;;;;;;;;;. The number of imidazole rings is 2. The number of aromatic nitrogens is 18. The number of aryl methyl sites for hydroxylation is 13. The summed E-state index contributed by atoms with van der Waals surface area (Å²) < 4.78 is 10.6. The Kier molecular flexibility index (Phi) is 70.7. The molecule has 9 aromatic rings. The van der Waals surface area contributed by atoms with Crippen LogP contribution in [0.1, 0.15) is 110 Å². The second kappa shape index (κ2) is 66.9. The second-order valence-electron chi connectivity index (χ2n) is 25.5. The van der Waals surface area contributed by atoms with Crippen molar-refractivity contribution in [2.24, 2.45) is 69.5 Å². The van der Waals surface area contributed by atoms with E-state index in [0.29, 0.717) is 40.2 Å². The zero-order valence-corrected chi connectivity index (χ0v) is 89.7. The number of amidine groups is 1. The third-order valence-corrected chi connectivity index (χ3v) is 15.3. The fourth-order valence-corrected chi connectivity index (χ4v) is 8.72. The smallest absolute Gasteiger partial charge is 0.342 e. The van der Waals surface area contributed by atoms with Gasteiger partial charge in [0.1, 0.15) is 22.9 Å². The van der Waals surface area contributed by atoms with Gasteiger partial charge < -0.3 is 112 Å². The summed E-state index contributed by atoms with van der Waals surface area (Å²) >= 11 is 0. The predicted molar refractivity (Wildman–Crippen MR) is 474 cm³/mol. The first kappa shape index (κ1) is 135. The molecule has 6 aliphatic heterocycles. The Bertz CT molecular complexity index is 5610. The number of aliphatic imine (C=N–C) groups is 2. The Labute approximate surface area is 898 Å². The van der Waals surface area contributed by atoms with Crippen molar-refractivity contribution in [1.82, 2.24) is 128 Å². The van der Waals surface area contributed by atoms with Gasteiger partial charge in [0.05, 0.1) is 41.5 Å². The molecule has 0 fully saturated rings. The van der Waals surface area contributed by atoms with Crippen molar-refractivity contribution in [3.8, 4) is 0 Å². The van der Waals surface area contributed by atoms with E-state index >= 15 is 0 Å². The predicted octanol–water partition coefficient (Wildman–Crippen LogP) is 4.89. The largest absolute Gasteiger partial charge is 0.424 e. The summed E-state index contributed by atoms with van der Waals surface area (Å²) in [6.07, 6.45) is 29.3. The van der Waals surface area contributed by atoms with Crippen LogP contribution < -0.4 is 71.1 Å². The number of allylic oxidation sites excluding steroid dienone is 3. The van der Waals surface area contributed by atoms with Crippen LogP contribution in [0.15, 0.2) is 166 Å². The summed E-state index contributed by atoms with van der Waals surface area (Å²) in [5, 5.41) is 24.1. The van der Waals surface area contributed by atoms with Gasteiger partial charge >= 0.3 is 17.8 Å². The van der Waals surface area contributed by atoms with Crippen molar-refractivity contribution in [1.29, 1.82) is 0 Å². The van der Waals surface area contributed by atoms with E-state index in [4.69, 9.17) is 0 Å². The summed E-state index contributed by atoms with van der Waals surface area (Å²) in [5.41, 5.74) is 11.4. The van der Waals surface area contributed by atoms with Gasteiger partial charge in [0.15, 0.2) is 23.0 Å². The molecule has 0 saturated carbocycles. The maximum absolute atomic E-state index is 11.0. The van der Waals surface area contributed by atoms with E-state index in [2.05, 4.69) is 167 Å². The number of nitrogens with one attached hydrogen (secondary N) is 5. The number of aromatic amines is 1. The molecule has 15 rings (SSSR count).